The van der Waals surface area contributed by atoms with Gasteiger partial charge in [0.1, 0.15) is 23.2 Å². The van der Waals surface area contributed by atoms with Gasteiger partial charge in [-0.2, -0.15) is 0 Å². The summed E-state index contributed by atoms with van der Waals surface area (Å²) in [5, 5.41) is -0.107. The van der Waals surface area contributed by atoms with E-state index < -0.39 is 0 Å². The van der Waals surface area contributed by atoms with Crippen molar-refractivity contribution in [2.45, 2.75) is 20.0 Å². The number of allylic oxidation sites excluding steroid dienone is 2. The highest BCUT2D eigenvalue weighted by Gasteiger charge is 2.33. The molecule has 3 rings (SSSR count). The minimum absolute atomic E-state index is 0.107. The predicted molar refractivity (Wildman–Crippen MR) is 86.5 cm³/mol. The number of benzene rings is 1. The van der Waals surface area contributed by atoms with Crippen LogP contribution in [0.3, 0.4) is 0 Å². The molecule has 0 spiro atoms. The Morgan fingerprint density at radius 1 is 1.04 bits per heavy atom. The topological polar surface area (TPSA) is 56.5 Å². The van der Waals surface area contributed by atoms with Gasteiger partial charge >= 0.3 is 0 Å². The molecule has 118 valence electrons. The minimum Gasteiger partial charge on any atom is -0.458 e. The fourth-order valence-electron chi connectivity index (χ4n) is 2.47. The third kappa shape index (κ3) is 2.87. The number of carbonyl (C=O) groups is 2. The molecule has 1 aromatic heterocycles. The molecule has 0 amide bonds. The lowest BCUT2D eigenvalue weighted by Gasteiger charge is -2.16. The maximum Gasteiger partial charge on any atom is 0.206 e. The van der Waals surface area contributed by atoms with Gasteiger partial charge in [-0.1, -0.05) is 42.8 Å². The Balaban J connectivity index is 1.95. The number of furan rings is 1. The molecule has 0 unspecified atom stereocenters. The summed E-state index contributed by atoms with van der Waals surface area (Å²) in [4.78, 5) is 25.0. The van der Waals surface area contributed by atoms with Crippen molar-refractivity contribution in [2.75, 3.05) is 6.61 Å². The Kier molecular flexibility index (Phi) is 4.46. The molecule has 5 heteroatoms. The molecule has 0 saturated heterocycles. The molecule has 1 heterocycles. The summed E-state index contributed by atoms with van der Waals surface area (Å²) >= 11 is 6.14. The van der Waals surface area contributed by atoms with Crippen LogP contribution in [0.15, 0.2) is 45.8 Å². The van der Waals surface area contributed by atoms with Crippen LogP contribution in [0.25, 0.3) is 5.57 Å². The lowest BCUT2D eigenvalue weighted by atomic mass is 9.88. The first-order valence-corrected chi connectivity index (χ1v) is 7.76. The number of Topliss-reactive ketones (excluding diaryl/α,β-unsaturated/α-hetero) is 2. The molecule has 1 aliphatic rings. The van der Waals surface area contributed by atoms with E-state index in [1.54, 1.807) is 36.4 Å². The first-order chi connectivity index (χ1) is 11.1. The van der Waals surface area contributed by atoms with Crippen molar-refractivity contribution < 1.29 is 18.7 Å². The Morgan fingerprint density at radius 3 is 2.43 bits per heavy atom. The van der Waals surface area contributed by atoms with E-state index in [0.29, 0.717) is 30.1 Å². The zero-order valence-electron chi connectivity index (χ0n) is 12.6. The average molecular weight is 331 g/mol. The van der Waals surface area contributed by atoms with E-state index in [1.165, 1.54) is 0 Å². The standard InChI is InChI=1S/C18H15ClO4/c1-2-9-22-10-11-7-8-14(23-11)15-16(19)18(21)13-6-4-3-5-12(13)17(15)20/h3-8H,2,9-10H2,1H3. The van der Waals surface area contributed by atoms with Gasteiger partial charge in [0.25, 0.3) is 0 Å². The van der Waals surface area contributed by atoms with Gasteiger partial charge in [-0.15, -0.1) is 0 Å². The first-order valence-electron chi connectivity index (χ1n) is 7.38. The van der Waals surface area contributed by atoms with Crippen LogP contribution in [-0.2, 0) is 11.3 Å². The molecule has 0 aliphatic heterocycles. The predicted octanol–water partition coefficient (Wildman–Crippen LogP) is 4.24. The molecule has 1 aliphatic carbocycles. The molecule has 0 N–H and O–H groups in total. The molecule has 0 bridgehead atoms. The Morgan fingerprint density at radius 2 is 1.74 bits per heavy atom. The fourth-order valence-corrected chi connectivity index (χ4v) is 2.75. The van der Waals surface area contributed by atoms with Gasteiger partial charge in [0, 0.05) is 17.7 Å². The van der Waals surface area contributed by atoms with Gasteiger partial charge < -0.3 is 9.15 Å². The minimum atomic E-state index is -0.364. The Hall–Kier alpha value is -2.17. The Labute approximate surface area is 138 Å². The van der Waals surface area contributed by atoms with E-state index in [2.05, 4.69) is 0 Å². The van der Waals surface area contributed by atoms with Crippen LogP contribution in [0, 0.1) is 0 Å². The van der Waals surface area contributed by atoms with Gasteiger partial charge in [0.05, 0.1) is 5.57 Å². The van der Waals surface area contributed by atoms with E-state index in [-0.39, 0.29) is 27.9 Å². The van der Waals surface area contributed by atoms with E-state index in [9.17, 15) is 9.59 Å². The van der Waals surface area contributed by atoms with Crippen LogP contribution >= 0.6 is 11.6 Å². The number of carbonyl (C=O) groups excluding carboxylic acids is 2. The zero-order chi connectivity index (χ0) is 16.4. The smallest absolute Gasteiger partial charge is 0.206 e. The highest BCUT2D eigenvalue weighted by molar-refractivity contribution is 6.56. The number of ketones is 2. The van der Waals surface area contributed by atoms with Gasteiger partial charge in [0.15, 0.2) is 5.78 Å². The summed E-state index contributed by atoms with van der Waals surface area (Å²) in [6.45, 7) is 2.96. The summed E-state index contributed by atoms with van der Waals surface area (Å²) in [6, 6.07) is 10.00. The molecule has 0 saturated carbocycles. The van der Waals surface area contributed by atoms with Crippen LogP contribution in [-0.4, -0.2) is 18.2 Å². The number of ether oxygens (including phenoxy) is 1. The van der Waals surface area contributed by atoms with Crippen LogP contribution in [0.4, 0.5) is 0 Å². The lowest BCUT2D eigenvalue weighted by molar-refractivity contribution is 0.0993. The first kappa shape index (κ1) is 15.7. The number of hydrogen-bond acceptors (Lipinski definition) is 4. The fraction of sp³-hybridized carbons (Fsp3) is 0.222. The molecule has 23 heavy (non-hydrogen) atoms. The third-order valence-corrected chi connectivity index (χ3v) is 3.92. The summed E-state index contributed by atoms with van der Waals surface area (Å²) in [5.74, 6) is 0.208. The van der Waals surface area contributed by atoms with Crippen LogP contribution < -0.4 is 0 Å². The summed E-state index contributed by atoms with van der Waals surface area (Å²) < 4.78 is 11.0. The highest BCUT2D eigenvalue weighted by atomic mass is 35.5. The second-order valence-electron chi connectivity index (χ2n) is 5.21. The molecule has 0 radical (unpaired) electrons. The molecular weight excluding hydrogens is 316 g/mol. The third-order valence-electron chi connectivity index (χ3n) is 3.56. The van der Waals surface area contributed by atoms with Crippen LogP contribution in [0.1, 0.15) is 45.6 Å². The lowest BCUT2D eigenvalue weighted by Crippen LogP contribution is -2.18. The van der Waals surface area contributed by atoms with Crippen LogP contribution in [0.5, 0.6) is 0 Å². The second kappa shape index (κ2) is 6.52. The zero-order valence-corrected chi connectivity index (χ0v) is 13.4. The van der Waals surface area contributed by atoms with Crippen molar-refractivity contribution in [3.05, 3.63) is 64.1 Å². The van der Waals surface area contributed by atoms with E-state index in [1.807, 2.05) is 6.92 Å². The van der Waals surface area contributed by atoms with E-state index in [4.69, 9.17) is 20.8 Å². The largest absolute Gasteiger partial charge is 0.458 e. The maximum atomic E-state index is 12.7. The maximum absolute atomic E-state index is 12.7. The summed E-state index contributed by atoms with van der Waals surface area (Å²) in [6.07, 6.45) is 0.911. The van der Waals surface area contributed by atoms with Gasteiger partial charge in [-0.3, -0.25) is 9.59 Å². The Bertz CT molecular complexity index is 801. The molecule has 0 atom stereocenters. The number of halogens is 1. The van der Waals surface area contributed by atoms with Gasteiger partial charge in [0.2, 0.25) is 5.78 Å². The van der Waals surface area contributed by atoms with Gasteiger partial charge in [-0.05, 0) is 18.6 Å². The normalized spacial score (nSPS) is 14.3. The van der Waals surface area contributed by atoms with Crippen molar-refractivity contribution in [2.24, 2.45) is 0 Å². The SMILES string of the molecule is CCCOCc1ccc(C2=C(Cl)C(=O)c3ccccc3C2=O)o1. The molecule has 4 nitrogen and oxygen atoms in total. The average Bonchev–Trinajstić information content (AvgIpc) is 3.02. The second-order valence-corrected chi connectivity index (χ2v) is 5.59. The monoisotopic (exact) mass is 330 g/mol. The summed E-state index contributed by atoms with van der Waals surface area (Å²) in [5.41, 5.74) is 0.776. The van der Waals surface area contributed by atoms with Crippen molar-refractivity contribution in [1.29, 1.82) is 0 Å². The molecular formula is C18H15ClO4. The van der Waals surface area contributed by atoms with Gasteiger partial charge in [-0.25, -0.2) is 0 Å². The molecule has 2 aromatic rings. The number of fused-ring (bicyclic) bond motifs is 1. The van der Waals surface area contributed by atoms with Crippen molar-refractivity contribution in [1.82, 2.24) is 0 Å². The molecule has 1 aromatic carbocycles. The van der Waals surface area contributed by atoms with E-state index >= 15 is 0 Å². The van der Waals surface area contributed by atoms with Crippen molar-refractivity contribution >= 4 is 28.7 Å². The summed E-state index contributed by atoms with van der Waals surface area (Å²) in [7, 11) is 0. The van der Waals surface area contributed by atoms with Crippen molar-refractivity contribution in [3.63, 3.8) is 0 Å². The number of hydrogen-bond donors (Lipinski definition) is 0. The number of rotatable bonds is 5. The molecule has 0 fully saturated rings. The highest BCUT2D eigenvalue weighted by Crippen LogP contribution is 2.35. The van der Waals surface area contributed by atoms with Crippen molar-refractivity contribution in [3.8, 4) is 0 Å². The van der Waals surface area contributed by atoms with E-state index in [0.717, 1.165) is 6.42 Å². The van der Waals surface area contributed by atoms with Crippen LogP contribution in [0.2, 0.25) is 0 Å². The quantitative estimate of drug-likeness (QED) is 0.770.